The van der Waals surface area contributed by atoms with Crippen LogP contribution in [0.1, 0.15) is 12.5 Å². The smallest absolute Gasteiger partial charge is 0.127 e. The maximum atomic E-state index is 13.2. The van der Waals surface area contributed by atoms with Crippen LogP contribution in [0.3, 0.4) is 0 Å². The summed E-state index contributed by atoms with van der Waals surface area (Å²) in [4.78, 5) is 10.4. The first-order valence-corrected chi connectivity index (χ1v) is 4.82. The quantitative estimate of drug-likeness (QED) is 0.748. The first kappa shape index (κ1) is 10.4. The molecule has 0 saturated carbocycles. The highest BCUT2D eigenvalue weighted by atomic mass is 79.9. The third-order valence-electron chi connectivity index (χ3n) is 1.79. The van der Waals surface area contributed by atoms with Crippen LogP contribution in [-0.2, 0) is 11.2 Å². The molecule has 3 heteroatoms. The second-order valence-corrected chi connectivity index (χ2v) is 3.97. The van der Waals surface area contributed by atoms with Crippen LogP contribution in [0.4, 0.5) is 4.39 Å². The standard InChI is InChI=1S/C10H10BrFO/c1-7(6-13)4-8-2-3-9(11)5-10(8)12/h2-3,5-7H,4H2,1H3. The summed E-state index contributed by atoms with van der Waals surface area (Å²) >= 11 is 3.17. The summed E-state index contributed by atoms with van der Waals surface area (Å²) in [5.41, 5.74) is 0.586. The lowest BCUT2D eigenvalue weighted by Gasteiger charge is -2.05. The molecule has 13 heavy (non-hydrogen) atoms. The predicted octanol–water partition coefficient (Wildman–Crippen LogP) is 2.97. The minimum atomic E-state index is -0.261. The number of carbonyl (C=O) groups is 1. The molecule has 0 radical (unpaired) electrons. The fourth-order valence-corrected chi connectivity index (χ4v) is 1.42. The Kier molecular flexibility index (Phi) is 3.60. The lowest BCUT2D eigenvalue weighted by atomic mass is 10.0. The van der Waals surface area contributed by atoms with Gasteiger partial charge in [0.2, 0.25) is 0 Å². The molecule has 1 aromatic rings. The molecule has 0 amide bonds. The van der Waals surface area contributed by atoms with E-state index in [2.05, 4.69) is 15.9 Å². The molecule has 0 aliphatic heterocycles. The topological polar surface area (TPSA) is 17.1 Å². The summed E-state index contributed by atoms with van der Waals surface area (Å²) in [5.74, 6) is -0.390. The van der Waals surface area contributed by atoms with E-state index < -0.39 is 0 Å². The molecular formula is C10H10BrFO. The third kappa shape index (κ3) is 2.92. The van der Waals surface area contributed by atoms with Gasteiger partial charge in [0, 0.05) is 10.4 Å². The Morgan fingerprint density at radius 2 is 2.31 bits per heavy atom. The van der Waals surface area contributed by atoms with Gasteiger partial charge in [-0.3, -0.25) is 0 Å². The molecule has 1 nitrogen and oxygen atoms in total. The molecule has 0 heterocycles. The number of hydrogen-bond donors (Lipinski definition) is 0. The van der Waals surface area contributed by atoms with E-state index in [-0.39, 0.29) is 11.7 Å². The first-order chi connectivity index (χ1) is 6.13. The number of halogens is 2. The van der Waals surface area contributed by atoms with Gasteiger partial charge < -0.3 is 4.79 Å². The van der Waals surface area contributed by atoms with Crippen LogP contribution in [0.25, 0.3) is 0 Å². The van der Waals surface area contributed by atoms with Gasteiger partial charge >= 0.3 is 0 Å². The van der Waals surface area contributed by atoms with E-state index in [9.17, 15) is 9.18 Å². The molecule has 1 rings (SSSR count). The predicted molar refractivity (Wildman–Crippen MR) is 53.0 cm³/mol. The molecule has 0 spiro atoms. The molecule has 1 aromatic carbocycles. The maximum Gasteiger partial charge on any atom is 0.127 e. The van der Waals surface area contributed by atoms with E-state index in [4.69, 9.17) is 0 Å². The molecule has 0 aliphatic rings. The van der Waals surface area contributed by atoms with Gasteiger partial charge in [-0.1, -0.05) is 28.9 Å². The Morgan fingerprint density at radius 1 is 1.62 bits per heavy atom. The summed E-state index contributed by atoms with van der Waals surface area (Å²) < 4.78 is 13.9. The van der Waals surface area contributed by atoms with Crippen molar-refractivity contribution in [2.24, 2.45) is 5.92 Å². The zero-order valence-electron chi connectivity index (χ0n) is 7.26. The highest BCUT2D eigenvalue weighted by Gasteiger charge is 2.06. The van der Waals surface area contributed by atoms with Crippen LogP contribution in [0.5, 0.6) is 0 Å². The largest absolute Gasteiger partial charge is 0.303 e. The second kappa shape index (κ2) is 4.51. The zero-order valence-corrected chi connectivity index (χ0v) is 8.84. The van der Waals surface area contributed by atoms with Crippen LogP contribution in [-0.4, -0.2) is 6.29 Å². The third-order valence-corrected chi connectivity index (χ3v) is 2.28. The molecule has 0 N–H and O–H groups in total. The number of rotatable bonds is 3. The number of carbonyl (C=O) groups excluding carboxylic acids is 1. The number of aldehydes is 1. The van der Waals surface area contributed by atoms with E-state index >= 15 is 0 Å². The number of benzene rings is 1. The monoisotopic (exact) mass is 244 g/mol. The van der Waals surface area contributed by atoms with E-state index in [1.54, 1.807) is 19.1 Å². The Balaban J connectivity index is 2.83. The van der Waals surface area contributed by atoms with Crippen molar-refractivity contribution in [2.45, 2.75) is 13.3 Å². The normalized spacial score (nSPS) is 12.5. The van der Waals surface area contributed by atoms with Crippen molar-refractivity contribution in [1.29, 1.82) is 0 Å². The van der Waals surface area contributed by atoms with Gasteiger partial charge in [-0.25, -0.2) is 4.39 Å². The van der Waals surface area contributed by atoms with Gasteiger partial charge in [0.25, 0.3) is 0 Å². The van der Waals surface area contributed by atoms with Gasteiger partial charge in [-0.15, -0.1) is 0 Å². The minimum absolute atomic E-state index is 0.129. The molecule has 0 aliphatic carbocycles. The summed E-state index contributed by atoms with van der Waals surface area (Å²) in [5, 5.41) is 0. The minimum Gasteiger partial charge on any atom is -0.303 e. The van der Waals surface area contributed by atoms with E-state index in [0.717, 1.165) is 6.29 Å². The molecule has 1 atom stereocenters. The summed E-state index contributed by atoms with van der Waals surface area (Å²) in [6, 6.07) is 4.88. The highest BCUT2D eigenvalue weighted by molar-refractivity contribution is 9.10. The van der Waals surface area contributed by atoms with Gasteiger partial charge in [0.05, 0.1) is 0 Å². The Hall–Kier alpha value is -0.700. The fourth-order valence-electron chi connectivity index (χ4n) is 1.08. The zero-order chi connectivity index (χ0) is 9.84. The van der Waals surface area contributed by atoms with Crippen molar-refractivity contribution in [3.8, 4) is 0 Å². The Bertz CT molecular complexity index is 312. The van der Waals surface area contributed by atoms with Crippen LogP contribution < -0.4 is 0 Å². The Morgan fingerprint density at radius 3 is 2.85 bits per heavy atom. The van der Waals surface area contributed by atoms with Crippen LogP contribution in [0.15, 0.2) is 22.7 Å². The Labute approximate surface area is 85.1 Å². The lowest BCUT2D eigenvalue weighted by molar-refractivity contribution is -0.110. The van der Waals surface area contributed by atoms with Crippen molar-refractivity contribution in [2.75, 3.05) is 0 Å². The molecular weight excluding hydrogens is 235 g/mol. The fraction of sp³-hybridized carbons (Fsp3) is 0.300. The summed E-state index contributed by atoms with van der Waals surface area (Å²) in [6.07, 6.45) is 1.30. The van der Waals surface area contributed by atoms with E-state index in [1.165, 1.54) is 6.07 Å². The molecule has 0 fully saturated rings. The maximum absolute atomic E-state index is 13.2. The van der Waals surface area contributed by atoms with Crippen molar-refractivity contribution in [1.82, 2.24) is 0 Å². The summed E-state index contributed by atoms with van der Waals surface area (Å²) in [7, 11) is 0. The van der Waals surface area contributed by atoms with E-state index in [1.807, 2.05) is 0 Å². The molecule has 70 valence electrons. The van der Waals surface area contributed by atoms with Crippen LogP contribution in [0.2, 0.25) is 0 Å². The molecule has 0 saturated heterocycles. The second-order valence-electron chi connectivity index (χ2n) is 3.05. The average Bonchev–Trinajstić information content (AvgIpc) is 2.09. The van der Waals surface area contributed by atoms with Crippen molar-refractivity contribution < 1.29 is 9.18 Å². The average molecular weight is 245 g/mol. The van der Waals surface area contributed by atoms with Crippen LogP contribution >= 0.6 is 15.9 Å². The van der Waals surface area contributed by atoms with Crippen molar-refractivity contribution in [3.63, 3.8) is 0 Å². The van der Waals surface area contributed by atoms with E-state index in [0.29, 0.717) is 16.5 Å². The van der Waals surface area contributed by atoms with Crippen molar-refractivity contribution >= 4 is 22.2 Å². The summed E-state index contributed by atoms with van der Waals surface area (Å²) in [6.45, 7) is 1.77. The highest BCUT2D eigenvalue weighted by Crippen LogP contribution is 2.17. The molecule has 0 aromatic heterocycles. The first-order valence-electron chi connectivity index (χ1n) is 4.02. The molecule has 0 bridgehead atoms. The van der Waals surface area contributed by atoms with Gasteiger partial charge in [0.1, 0.15) is 12.1 Å². The van der Waals surface area contributed by atoms with Crippen molar-refractivity contribution in [3.05, 3.63) is 34.1 Å². The molecule has 1 unspecified atom stereocenters. The number of hydrogen-bond acceptors (Lipinski definition) is 1. The van der Waals surface area contributed by atoms with Gasteiger partial charge in [-0.2, -0.15) is 0 Å². The van der Waals surface area contributed by atoms with Gasteiger partial charge in [0.15, 0.2) is 0 Å². The lowest BCUT2D eigenvalue weighted by Crippen LogP contribution is -2.02. The van der Waals surface area contributed by atoms with Crippen LogP contribution in [0, 0.1) is 11.7 Å². The SMILES string of the molecule is CC(C=O)Cc1ccc(Br)cc1F. The van der Waals surface area contributed by atoms with Gasteiger partial charge in [-0.05, 0) is 24.1 Å².